The van der Waals surface area contributed by atoms with Crippen LogP contribution in [0.2, 0.25) is 0 Å². The van der Waals surface area contributed by atoms with Crippen LogP contribution in [0.15, 0.2) is 60.8 Å². The fraction of sp³-hybridized carbons (Fsp3) is 0.158. The number of amides is 1. The van der Waals surface area contributed by atoms with Gasteiger partial charge in [0.2, 0.25) is 0 Å². The molecule has 0 aliphatic rings. The molecular formula is C19H20N4O. The molecule has 0 aliphatic heterocycles. The summed E-state index contributed by atoms with van der Waals surface area (Å²) in [4.78, 5) is 12.5. The van der Waals surface area contributed by atoms with Crippen LogP contribution in [0, 0.1) is 6.92 Å². The minimum Gasteiger partial charge on any atom is -0.383 e. The van der Waals surface area contributed by atoms with Crippen LogP contribution >= 0.6 is 0 Å². The third kappa shape index (κ3) is 3.15. The number of nitrogens with zero attached hydrogens (tertiary/aromatic N) is 2. The predicted molar refractivity (Wildman–Crippen MR) is 95.0 cm³/mol. The Kier molecular flexibility index (Phi) is 4.33. The van der Waals surface area contributed by atoms with Crippen LogP contribution < -0.4 is 11.1 Å². The Bertz CT molecular complexity index is 838. The molecule has 0 saturated heterocycles. The van der Waals surface area contributed by atoms with Crippen molar-refractivity contribution in [2.75, 3.05) is 5.73 Å². The van der Waals surface area contributed by atoms with Gasteiger partial charge >= 0.3 is 0 Å². The van der Waals surface area contributed by atoms with E-state index in [-0.39, 0.29) is 11.9 Å². The lowest BCUT2D eigenvalue weighted by Crippen LogP contribution is -2.27. The molecule has 0 saturated carbocycles. The van der Waals surface area contributed by atoms with Gasteiger partial charge in [-0.2, -0.15) is 5.10 Å². The Morgan fingerprint density at radius 3 is 2.46 bits per heavy atom. The van der Waals surface area contributed by atoms with Gasteiger partial charge in [-0.25, -0.2) is 4.68 Å². The number of hydrogen-bond acceptors (Lipinski definition) is 3. The maximum Gasteiger partial charge on any atom is 0.257 e. The second-order valence-electron chi connectivity index (χ2n) is 5.80. The molecule has 3 rings (SSSR count). The summed E-state index contributed by atoms with van der Waals surface area (Å²) in [6, 6.07) is 17.5. The number of nitrogens with one attached hydrogen (secondary N) is 1. The number of anilines is 1. The summed E-state index contributed by atoms with van der Waals surface area (Å²) in [7, 11) is 0. The summed E-state index contributed by atoms with van der Waals surface area (Å²) in [5.74, 6) is 0.0961. The molecule has 3 N–H and O–H groups in total. The number of aromatic nitrogens is 2. The van der Waals surface area contributed by atoms with Gasteiger partial charge < -0.3 is 11.1 Å². The van der Waals surface area contributed by atoms with Crippen LogP contribution in [0.1, 0.15) is 34.5 Å². The van der Waals surface area contributed by atoms with Gasteiger partial charge in [0.25, 0.3) is 5.91 Å². The number of rotatable bonds is 4. The normalized spacial score (nSPS) is 11.9. The smallest absolute Gasteiger partial charge is 0.257 e. The second kappa shape index (κ2) is 6.58. The lowest BCUT2D eigenvalue weighted by Gasteiger charge is -2.14. The fourth-order valence-corrected chi connectivity index (χ4v) is 2.52. The molecule has 1 amide bonds. The molecule has 1 aromatic heterocycles. The minimum atomic E-state index is -0.234. The number of nitrogens with two attached hydrogens (primary N) is 1. The van der Waals surface area contributed by atoms with E-state index in [4.69, 9.17) is 5.73 Å². The molecule has 1 heterocycles. The molecule has 0 radical (unpaired) electrons. The van der Waals surface area contributed by atoms with Crippen molar-refractivity contribution >= 4 is 11.7 Å². The van der Waals surface area contributed by atoms with Crippen molar-refractivity contribution in [1.29, 1.82) is 0 Å². The topological polar surface area (TPSA) is 72.9 Å². The van der Waals surface area contributed by atoms with E-state index >= 15 is 0 Å². The monoisotopic (exact) mass is 320 g/mol. The third-order valence-electron chi connectivity index (χ3n) is 3.98. The van der Waals surface area contributed by atoms with Crippen molar-refractivity contribution < 1.29 is 4.79 Å². The van der Waals surface area contributed by atoms with Gasteiger partial charge in [-0.05, 0) is 31.5 Å². The maximum atomic E-state index is 12.5. The van der Waals surface area contributed by atoms with E-state index in [1.54, 1.807) is 4.68 Å². The van der Waals surface area contributed by atoms with Gasteiger partial charge in [0.1, 0.15) is 11.4 Å². The first-order valence-corrected chi connectivity index (χ1v) is 7.82. The number of carbonyl (C=O) groups is 1. The first kappa shape index (κ1) is 15.8. The molecule has 1 unspecified atom stereocenters. The van der Waals surface area contributed by atoms with Crippen molar-refractivity contribution in [3.63, 3.8) is 0 Å². The Balaban J connectivity index is 1.80. The standard InChI is InChI=1S/C19H20N4O/c1-13-8-10-16(11-9-13)23-18(20)17(12-21-23)19(24)22-14(2)15-6-4-3-5-7-15/h3-12,14H,20H2,1-2H3,(H,22,24). The van der Waals surface area contributed by atoms with Gasteiger partial charge in [0.15, 0.2) is 0 Å². The molecule has 0 bridgehead atoms. The Morgan fingerprint density at radius 1 is 1.12 bits per heavy atom. The minimum absolute atomic E-state index is 0.110. The van der Waals surface area contributed by atoms with E-state index in [9.17, 15) is 4.79 Å². The second-order valence-corrected chi connectivity index (χ2v) is 5.80. The highest BCUT2D eigenvalue weighted by atomic mass is 16.1. The van der Waals surface area contributed by atoms with E-state index in [1.165, 1.54) is 6.20 Å². The average Bonchev–Trinajstić information content (AvgIpc) is 2.98. The summed E-state index contributed by atoms with van der Waals surface area (Å²) in [6.07, 6.45) is 1.50. The van der Waals surface area contributed by atoms with Crippen molar-refractivity contribution in [3.8, 4) is 5.69 Å². The van der Waals surface area contributed by atoms with Gasteiger partial charge in [0, 0.05) is 0 Å². The van der Waals surface area contributed by atoms with Gasteiger partial charge in [-0.3, -0.25) is 4.79 Å². The number of benzene rings is 2. The largest absolute Gasteiger partial charge is 0.383 e. The molecule has 2 aromatic carbocycles. The number of nitrogen functional groups attached to an aromatic ring is 1. The van der Waals surface area contributed by atoms with Crippen LogP contribution in [-0.2, 0) is 0 Å². The lowest BCUT2D eigenvalue weighted by atomic mass is 10.1. The average molecular weight is 320 g/mol. The summed E-state index contributed by atoms with van der Waals surface area (Å²) >= 11 is 0. The van der Waals surface area contributed by atoms with Crippen LogP contribution in [0.5, 0.6) is 0 Å². The molecule has 5 nitrogen and oxygen atoms in total. The Hall–Kier alpha value is -3.08. The van der Waals surface area contributed by atoms with E-state index in [0.29, 0.717) is 11.4 Å². The summed E-state index contributed by atoms with van der Waals surface area (Å²) in [6.45, 7) is 3.95. The molecule has 1 atom stereocenters. The van der Waals surface area contributed by atoms with E-state index < -0.39 is 0 Å². The fourth-order valence-electron chi connectivity index (χ4n) is 2.52. The summed E-state index contributed by atoms with van der Waals surface area (Å²) < 4.78 is 1.57. The lowest BCUT2D eigenvalue weighted by molar-refractivity contribution is 0.0941. The Morgan fingerprint density at radius 2 is 1.79 bits per heavy atom. The van der Waals surface area contributed by atoms with Crippen LogP contribution in [-0.4, -0.2) is 15.7 Å². The zero-order valence-electron chi connectivity index (χ0n) is 13.7. The Labute approximate surface area is 141 Å². The summed E-state index contributed by atoms with van der Waals surface area (Å²) in [5, 5.41) is 7.20. The van der Waals surface area contributed by atoms with Crippen LogP contribution in [0.3, 0.4) is 0 Å². The first-order valence-electron chi connectivity index (χ1n) is 7.82. The molecule has 122 valence electrons. The van der Waals surface area contributed by atoms with Crippen molar-refractivity contribution in [3.05, 3.63) is 77.5 Å². The highest BCUT2D eigenvalue weighted by Gasteiger charge is 2.18. The highest BCUT2D eigenvalue weighted by Crippen LogP contribution is 2.19. The van der Waals surface area contributed by atoms with Gasteiger partial charge in [-0.15, -0.1) is 0 Å². The SMILES string of the molecule is Cc1ccc(-n2ncc(C(=O)NC(C)c3ccccc3)c2N)cc1. The molecule has 24 heavy (non-hydrogen) atoms. The zero-order chi connectivity index (χ0) is 17.1. The third-order valence-corrected chi connectivity index (χ3v) is 3.98. The van der Waals surface area contributed by atoms with Crippen molar-refractivity contribution in [2.24, 2.45) is 0 Å². The highest BCUT2D eigenvalue weighted by molar-refractivity contribution is 5.98. The number of aryl methyl sites for hydroxylation is 1. The molecule has 0 aliphatic carbocycles. The number of hydrogen-bond donors (Lipinski definition) is 2. The maximum absolute atomic E-state index is 12.5. The van der Waals surface area contributed by atoms with Gasteiger partial charge in [-0.1, -0.05) is 48.0 Å². The van der Waals surface area contributed by atoms with Crippen LogP contribution in [0.4, 0.5) is 5.82 Å². The molecule has 0 spiro atoms. The molecule has 0 fully saturated rings. The molecular weight excluding hydrogens is 300 g/mol. The van der Waals surface area contributed by atoms with Crippen molar-refractivity contribution in [1.82, 2.24) is 15.1 Å². The number of carbonyl (C=O) groups excluding carboxylic acids is 1. The van der Waals surface area contributed by atoms with Crippen LogP contribution in [0.25, 0.3) is 5.69 Å². The van der Waals surface area contributed by atoms with E-state index in [1.807, 2.05) is 68.4 Å². The molecule has 5 heteroatoms. The predicted octanol–water partition coefficient (Wildman–Crippen LogP) is 3.25. The van der Waals surface area contributed by atoms with Gasteiger partial charge in [0.05, 0.1) is 17.9 Å². The zero-order valence-corrected chi connectivity index (χ0v) is 13.7. The molecule has 3 aromatic rings. The quantitative estimate of drug-likeness (QED) is 0.775. The van der Waals surface area contributed by atoms with E-state index in [2.05, 4.69) is 10.4 Å². The van der Waals surface area contributed by atoms with Crippen molar-refractivity contribution in [2.45, 2.75) is 19.9 Å². The first-order chi connectivity index (χ1) is 11.6. The van der Waals surface area contributed by atoms with E-state index in [0.717, 1.165) is 16.8 Å². The summed E-state index contributed by atoms with van der Waals surface area (Å²) in [5.41, 5.74) is 9.52.